The molecule has 2 rings (SSSR count). The molecule has 1 aliphatic heterocycles. The predicted molar refractivity (Wildman–Crippen MR) is 97.7 cm³/mol. The van der Waals surface area contributed by atoms with Gasteiger partial charge in [0.2, 0.25) is 0 Å². The lowest BCUT2D eigenvalue weighted by Crippen LogP contribution is -2.42. The number of benzene rings is 1. The van der Waals surface area contributed by atoms with E-state index in [9.17, 15) is 14.4 Å². The van der Waals surface area contributed by atoms with Crippen LogP contribution in [-0.4, -0.2) is 42.3 Å². The monoisotopic (exact) mass is 477 g/mol. The highest BCUT2D eigenvalue weighted by Gasteiger charge is 2.41. The number of halogens is 2. The summed E-state index contributed by atoms with van der Waals surface area (Å²) in [6, 6.07) is 2.56. The Hall–Kier alpha value is -1.32. The number of imide groups is 1. The summed E-state index contributed by atoms with van der Waals surface area (Å²) in [6.07, 6.45) is 1.59. The van der Waals surface area contributed by atoms with Crippen LogP contribution in [-0.2, 0) is 14.3 Å². The fourth-order valence-electron chi connectivity index (χ4n) is 2.10. The van der Waals surface area contributed by atoms with Gasteiger partial charge in [-0.1, -0.05) is 0 Å². The summed E-state index contributed by atoms with van der Waals surface area (Å²) < 4.78 is 11.2. The molecule has 1 atom stereocenters. The van der Waals surface area contributed by atoms with E-state index in [4.69, 9.17) is 4.74 Å². The standard InChI is InChI=1S/C15H13Br2NO5S/c1-7(14(20)23-3)18-13(19)11(24-15(18)21)6-8-4-9(16)12(22-2)10(17)5-8/h4-7H,1-3H3/b11-6+/t7-/m0/s1. The minimum Gasteiger partial charge on any atom is -0.494 e. The van der Waals surface area contributed by atoms with Crippen LogP contribution in [0.5, 0.6) is 5.75 Å². The van der Waals surface area contributed by atoms with Crippen LogP contribution in [0, 0.1) is 0 Å². The summed E-state index contributed by atoms with van der Waals surface area (Å²) in [5.41, 5.74) is 0.700. The summed E-state index contributed by atoms with van der Waals surface area (Å²) in [7, 11) is 2.75. The first-order valence-corrected chi connectivity index (χ1v) is 9.08. The van der Waals surface area contributed by atoms with Crippen LogP contribution in [0.2, 0.25) is 0 Å². The van der Waals surface area contributed by atoms with Gasteiger partial charge >= 0.3 is 5.97 Å². The summed E-state index contributed by atoms with van der Waals surface area (Å²) in [6.45, 7) is 1.45. The van der Waals surface area contributed by atoms with Gasteiger partial charge in [0.05, 0.1) is 28.1 Å². The Labute approximate surface area is 159 Å². The average Bonchev–Trinajstić information content (AvgIpc) is 2.79. The highest BCUT2D eigenvalue weighted by Crippen LogP contribution is 2.38. The predicted octanol–water partition coefficient (Wildman–Crippen LogP) is 3.82. The second-order valence-electron chi connectivity index (χ2n) is 4.77. The molecule has 0 aromatic heterocycles. The third kappa shape index (κ3) is 3.68. The van der Waals surface area contributed by atoms with Gasteiger partial charge in [0, 0.05) is 0 Å². The molecule has 0 bridgehead atoms. The second-order valence-corrected chi connectivity index (χ2v) is 7.47. The van der Waals surface area contributed by atoms with Crippen LogP contribution in [0.15, 0.2) is 26.0 Å². The van der Waals surface area contributed by atoms with Crippen molar-refractivity contribution in [3.05, 3.63) is 31.5 Å². The van der Waals surface area contributed by atoms with Crippen molar-refractivity contribution in [3.8, 4) is 5.75 Å². The Kier molecular flexibility index (Phi) is 6.11. The fraction of sp³-hybridized carbons (Fsp3) is 0.267. The number of amides is 2. The van der Waals surface area contributed by atoms with Crippen LogP contribution in [0.4, 0.5) is 4.79 Å². The maximum atomic E-state index is 12.4. The highest BCUT2D eigenvalue weighted by atomic mass is 79.9. The minimum absolute atomic E-state index is 0.236. The molecule has 6 nitrogen and oxygen atoms in total. The van der Waals surface area contributed by atoms with Crippen molar-refractivity contribution in [2.24, 2.45) is 0 Å². The quantitative estimate of drug-likeness (QED) is 0.483. The first kappa shape index (κ1) is 19.0. The van der Waals surface area contributed by atoms with Crippen molar-refractivity contribution in [1.29, 1.82) is 0 Å². The van der Waals surface area contributed by atoms with E-state index in [1.54, 1.807) is 25.3 Å². The van der Waals surface area contributed by atoms with Gasteiger partial charge in [0.1, 0.15) is 11.8 Å². The maximum Gasteiger partial charge on any atom is 0.328 e. The second kappa shape index (κ2) is 7.71. The minimum atomic E-state index is -0.970. The summed E-state index contributed by atoms with van der Waals surface area (Å²) in [5, 5.41) is -0.504. The van der Waals surface area contributed by atoms with E-state index in [0.717, 1.165) is 16.7 Å². The summed E-state index contributed by atoms with van der Waals surface area (Å²) in [5.74, 6) is -0.543. The van der Waals surface area contributed by atoms with Gasteiger partial charge in [-0.3, -0.25) is 14.5 Å². The van der Waals surface area contributed by atoms with E-state index in [0.29, 0.717) is 20.3 Å². The lowest BCUT2D eigenvalue weighted by atomic mass is 10.2. The molecule has 0 unspecified atom stereocenters. The molecule has 2 amide bonds. The van der Waals surface area contributed by atoms with Crippen molar-refractivity contribution in [3.63, 3.8) is 0 Å². The van der Waals surface area contributed by atoms with Crippen molar-refractivity contribution >= 4 is 66.8 Å². The Morgan fingerprint density at radius 2 is 1.83 bits per heavy atom. The van der Waals surface area contributed by atoms with E-state index in [-0.39, 0.29) is 4.91 Å². The van der Waals surface area contributed by atoms with Crippen LogP contribution in [0.3, 0.4) is 0 Å². The van der Waals surface area contributed by atoms with Gasteiger partial charge in [-0.05, 0) is 74.3 Å². The Morgan fingerprint density at radius 1 is 1.25 bits per heavy atom. The molecule has 1 aliphatic rings. The number of hydrogen-bond donors (Lipinski definition) is 0. The molecule has 1 aromatic rings. The number of carbonyl (C=O) groups excluding carboxylic acids is 3. The Bertz CT molecular complexity index is 726. The lowest BCUT2D eigenvalue weighted by molar-refractivity contribution is -0.148. The molecule has 1 saturated heterocycles. The number of carbonyl (C=O) groups is 3. The van der Waals surface area contributed by atoms with Crippen molar-refractivity contribution in [2.45, 2.75) is 13.0 Å². The maximum absolute atomic E-state index is 12.4. The molecule has 0 N–H and O–H groups in total. The van der Waals surface area contributed by atoms with Crippen molar-refractivity contribution in [2.75, 3.05) is 14.2 Å². The molecule has 1 heterocycles. The third-order valence-electron chi connectivity index (χ3n) is 3.28. The number of methoxy groups -OCH3 is 2. The normalized spacial score (nSPS) is 17.4. The number of ether oxygens (including phenoxy) is 2. The van der Waals surface area contributed by atoms with Gasteiger partial charge < -0.3 is 9.47 Å². The number of hydrogen-bond acceptors (Lipinski definition) is 6. The Balaban J connectivity index is 2.34. The smallest absolute Gasteiger partial charge is 0.328 e. The zero-order chi connectivity index (χ0) is 18.0. The molecule has 9 heteroatoms. The van der Waals surface area contributed by atoms with Crippen LogP contribution < -0.4 is 4.74 Å². The number of thioether (sulfide) groups is 1. The van der Waals surface area contributed by atoms with Crippen molar-refractivity contribution < 1.29 is 23.9 Å². The number of nitrogens with zero attached hydrogens (tertiary/aromatic N) is 1. The average molecular weight is 479 g/mol. The summed E-state index contributed by atoms with van der Waals surface area (Å²) >= 11 is 7.55. The lowest BCUT2D eigenvalue weighted by Gasteiger charge is -2.18. The fourth-order valence-corrected chi connectivity index (χ4v) is 4.55. The molecular formula is C15H13Br2NO5S. The SMILES string of the molecule is COC(=O)[C@H](C)N1C(=O)S/C(=C/c2cc(Br)c(OC)c(Br)c2)C1=O. The molecule has 128 valence electrons. The highest BCUT2D eigenvalue weighted by molar-refractivity contribution is 9.11. The van der Waals surface area contributed by atoms with E-state index in [2.05, 4.69) is 36.6 Å². The van der Waals surface area contributed by atoms with Crippen LogP contribution >= 0.6 is 43.6 Å². The molecule has 1 aromatic carbocycles. The van der Waals surface area contributed by atoms with E-state index < -0.39 is 23.2 Å². The number of esters is 1. The molecular weight excluding hydrogens is 466 g/mol. The van der Waals surface area contributed by atoms with Gasteiger partial charge in [0.15, 0.2) is 0 Å². The molecule has 0 radical (unpaired) electrons. The third-order valence-corrected chi connectivity index (χ3v) is 5.34. The van der Waals surface area contributed by atoms with Crippen LogP contribution in [0.1, 0.15) is 12.5 Å². The largest absolute Gasteiger partial charge is 0.494 e. The zero-order valence-electron chi connectivity index (χ0n) is 13.0. The molecule has 24 heavy (non-hydrogen) atoms. The van der Waals surface area contributed by atoms with Crippen molar-refractivity contribution in [1.82, 2.24) is 4.90 Å². The van der Waals surface area contributed by atoms with Gasteiger partial charge in [-0.25, -0.2) is 4.79 Å². The topological polar surface area (TPSA) is 72.9 Å². The van der Waals surface area contributed by atoms with E-state index in [1.807, 2.05) is 0 Å². The molecule has 0 spiro atoms. The molecule has 0 aliphatic carbocycles. The first-order chi connectivity index (χ1) is 11.3. The van der Waals surface area contributed by atoms with Gasteiger partial charge in [0.25, 0.3) is 11.1 Å². The van der Waals surface area contributed by atoms with E-state index in [1.165, 1.54) is 14.0 Å². The zero-order valence-corrected chi connectivity index (χ0v) is 17.0. The molecule has 0 saturated carbocycles. The first-order valence-electron chi connectivity index (χ1n) is 6.68. The van der Waals surface area contributed by atoms with Crippen LogP contribution in [0.25, 0.3) is 6.08 Å². The molecule has 1 fully saturated rings. The number of rotatable bonds is 4. The van der Waals surface area contributed by atoms with Gasteiger partial charge in [-0.2, -0.15) is 0 Å². The van der Waals surface area contributed by atoms with E-state index >= 15 is 0 Å². The van der Waals surface area contributed by atoms with Gasteiger partial charge in [-0.15, -0.1) is 0 Å². The summed E-state index contributed by atoms with van der Waals surface area (Å²) in [4.78, 5) is 37.2. The Morgan fingerprint density at radius 3 is 2.33 bits per heavy atom.